The number of carbonyl (C=O) groups excluding carboxylic acids is 1. The minimum atomic E-state index is -0.169. The van der Waals surface area contributed by atoms with Crippen LogP contribution in [0.2, 0.25) is 0 Å². The quantitative estimate of drug-likeness (QED) is 0.558. The predicted octanol–water partition coefficient (Wildman–Crippen LogP) is 4.14. The zero-order valence-electron chi connectivity index (χ0n) is 15.4. The van der Waals surface area contributed by atoms with E-state index in [1.54, 1.807) is 23.4 Å². The number of aryl methyl sites for hydroxylation is 1. The van der Waals surface area contributed by atoms with E-state index in [1.165, 1.54) is 11.3 Å². The van der Waals surface area contributed by atoms with Gasteiger partial charge in [0.1, 0.15) is 0 Å². The number of nitrogens with one attached hydrogen (secondary N) is 1. The van der Waals surface area contributed by atoms with Crippen LogP contribution in [0.25, 0.3) is 10.9 Å². The highest BCUT2D eigenvalue weighted by Crippen LogP contribution is 2.19. The lowest BCUT2D eigenvalue weighted by Crippen LogP contribution is -2.32. The number of hydrogen-bond donors (Lipinski definition) is 1. The lowest BCUT2D eigenvalue weighted by Gasteiger charge is -2.22. The molecule has 4 rings (SSSR count). The van der Waals surface area contributed by atoms with Gasteiger partial charge in [0.2, 0.25) is 0 Å². The van der Waals surface area contributed by atoms with Crippen LogP contribution in [0.15, 0.2) is 71.1 Å². The summed E-state index contributed by atoms with van der Waals surface area (Å²) in [6.45, 7) is 2.58. The second-order valence-electron chi connectivity index (χ2n) is 6.66. The van der Waals surface area contributed by atoms with Crippen LogP contribution in [0.1, 0.15) is 26.4 Å². The van der Waals surface area contributed by atoms with Gasteiger partial charge in [-0.25, -0.2) is 0 Å². The van der Waals surface area contributed by atoms with Crippen LogP contribution in [0.3, 0.4) is 0 Å². The number of fused-ring (bicyclic) bond motifs is 1. The van der Waals surface area contributed by atoms with Crippen LogP contribution in [0.5, 0.6) is 0 Å². The van der Waals surface area contributed by atoms with E-state index in [9.17, 15) is 9.59 Å². The summed E-state index contributed by atoms with van der Waals surface area (Å²) < 4.78 is 0. The first-order valence-electron chi connectivity index (χ1n) is 8.95. The van der Waals surface area contributed by atoms with E-state index in [1.807, 2.05) is 54.8 Å². The molecule has 0 fully saturated rings. The molecule has 3 aromatic heterocycles. The van der Waals surface area contributed by atoms with E-state index >= 15 is 0 Å². The van der Waals surface area contributed by atoms with E-state index < -0.39 is 0 Å². The second-order valence-corrected chi connectivity index (χ2v) is 7.61. The Hall–Kier alpha value is -3.25. The maximum Gasteiger partial charge on any atom is 0.264 e. The van der Waals surface area contributed by atoms with Crippen molar-refractivity contribution in [1.29, 1.82) is 0 Å². The van der Waals surface area contributed by atoms with E-state index in [2.05, 4.69) is 9.97 Å². The molecule has 0 saturated carbocycles. The molecule has 1 amide bonds. The van der Waals surface area contributed by atoms with Gasteiger partial charge in [0.05, 0.1) is 16.9 Å². The lowest BCUT2D eigenvalue weighted by atomic mass is 10.1. The Morgan fingerprint density at radius 3 is 2.79 bits per heavy atom. The Morgan fingerprint density at radius 1 is 1.14 bits per heavy atom. The van der Waals surface area contributed by atoms with Gasteiger partial charge < -0.3 is 9.88 Å². The number of pyridine rings is 2. The molecule has 0 radical (unpaired) electrons. The number of nitrogens with zero attached hydrogens (tertiary/aromatic N) is 2. The first-order chi connectivity index (χ1) is 13.6. The third-order valence-corrected chi connectivity index (χ3v) is 5.50. The maximum atomic E-state index is 13.0. The molecule has 5 nitrogen and oxygen atoms in total. The van der Waals surface area contributed by atoms with E-state index in [4.69, 9.17) is 0 Å². The molecule has 4 aromatic rings. The molecule has 0 aliphatic carbocycles. The predicted molar refractivity (Wildman–Crippen MR) is 111 cm³/mol. The highest BCUT2D eigenvalue weighted by Gasteiger charge is 2.19. The number of benzene rings is 1. The fraction of sp³-hybridized carbons (Fsp3) is 0.136. The van der Waals surface area contributed by atoms with Gasteiger partial charge in [-0.1, -0.05) is 30.3 Å². The number of aromatic amines is 1. The van der Waals surface area contributed by atoms with Gasteiger partial charge in [-0.3, -0.25) is 14.6 Å². The fourth-order valence-electron chi connectivity index (χ4n) is 3.22. The largest absolute Gasteiger partial charge is 0.329 e. The summed E-state index contributed by atoms with van der Waals surface area (Å²) in [6.07, 6.45) is 3.44. The molecule has 0 saturated heterocycles. The highest BCUT2D eigenvalue weighted by molar-refractivity contribution is 7.12. The van der Waals surface area contributed by atoms with Crippen LogP contribution < -0.4 is 5.56 Å². The van der Waals surface area contributed by atoms with Gasteiger partial charge in [-0.05, 0) is 47.0 Å². The standard InChI is InChI=1S/C22H19N3O2S/c1-15-5-2-7-17-11-18(21(26)24-20(15)17)14-25(13-16-6-3-9-23-12-16)22(27)19-8-4-10-28-19/h2-12H,13-14H2,1H3,(H,24,26). The van der Waals surface area contributed by atoms with Crippen molar-refractivity contribution in [3.63, 3.8) is 0 Å². The van der Waals surface area contributed by atoms with Crippen molar-refractivity contribution in [2.75, 3.05) is 0 Å². The Kier molecular flexibility index (Phi) is 5.04. The molecule has 0 bridgehead atoms. The van der Waals surface area contributed by atoms with Crippen molar-refractivity contribution in [2.45, 2.75) is 20.0 Å². The van der Waals surface area contributed by atoms with Gasteiger partial charge in [0.25, 0.3) is 11.5 Å². The monoisotopic (exact) mass is 389 g/mol. The lowest BCUT2D eigenvalue weighted by molar-refractivity contribution is 0.0734. The smallest absolute Gasteiger partial charge is 0.264 e. The van der Waals surface area contributed by atoms with Crippen molar-refractivity contribution in [1.82, 2.24) is 14.9 Å². The third kappa shape index (κ3) is 3.73. The summed E-state index contributed by atoms with van der Waals surface area (Å²) in [5, 5.41) is 2.83. The third-order valence-electron chi connectivity index (χ3n) is 4.64. The average Bonchev–Trinajstić information content (AvgIpc) is 3.24. The van der Waals surface area contributed by atoms with Crippen LogP contribution in [-0.4, -0.2) is 20.8 Å². The minimum Gasteiger partial charge on any atom is -0.329 e. The van der Waals surface area contributed by atoms with Gasteiger partial charge >= 0.3 is 0 Å². The van der Waals surface area contributed by atoms with Gasteiger partial charge in [0.15, 0.2) is 0 Å². The number of hydrogen-bond acceptors (Lipinski definition) is 4. The summed E-state index contributed by atoms with van der Waals surface area (Å²) in [5.74, 6) is -0.0948. The molecule has 1 N–H and O–H groups in total. The molecule has 140 valence electrons. The first kappa shape index (κ1) is 18.1. The molecular weight excluding hydrogens is 370 g/mol. The maximum absolute atomic E-state index is 13.0. The molecule has 0 aliphatic heterocycles. The summed E-state index contributed by atoms with van der Waals surface area (Å²) in [6, 6.07) is 15.2. The summed E-state index contributed by atoms with van der Waals surface area (Å²) >= 11 is 1.40. The average molecular weight is 389 g/mol. The molecule has 0 unspecified atom stereocenters. The zero-order valence-corrected chi connectivity index (χ0v) is 16.2. The second kappa shape index (κ2) is 7.78. The number of carbonyl (C=O) groups is 1. The van der Waals surface area contributed by atoms with Crippen molar-refractivity contribution in [3.8, 4) is 0 Å². The topological polar surface area (TPSA) is 66.1 Å². The Labute approximate surface area is 166 Å². The van der Waals surface area contributed by atoms with Crippen LogP contribution >= 0.6 is 11.3 Å². The Bertz CT molecular complexity index is 1170. The van der Waals surface area contributed by atoms with Crippen molar-refractivity contribution >= 4 is 28.1 Å². The zero-order chi connectivity index (χ0) is 19.5. The van der Waals surface area contributed by atoms with Gasteiger partial charge in [0, 0.05) is 24.5 Å². The number of H-pyrrole nitrogens is 1. The highest BCUT2D eigenvalue weighted by atomic mass is 32.1. The van der Waals surface area contributed by atoms with Gasteiger partial charge in [-0.2, -0.15) is 0 Å². The van der Waals surface area contributed by atoms with E-state index in [0.29, 0.717) is 17.0 Å². The van der Waals surface area contributed by atoms with Gasteiger partial charge in [-0.15, -0.1) is 11.3 Å². The molecule has 0 spiro atoms. The van der Waals surface area contributed by atoms with E-state index in [-0.39, 0.29) is 18.0 Å². The molecule has 28 heavy (non-hydrogen) atoms. The summed E-state index contributed by atoms with van der Waals surface area (Å²) in [7, 11) is 0. The van der Waals surface area contributed by atoms with Crippen molar-refractivity contribution < 1.29 is 4.79 Å². The molecule has 0 atom stereocenters. The summed E-state index contributed by atoms with van der Waals surface area (Å²) in [5.41, 5.74) is 3.16. The molecule has 1 aromatic carbocycles. The van der Waals surface area contributed by atoms with Crippen molar-refractivity contribution in [2.24, 2.45) is 0 Å². The normalized spacial score (nSPS) is 10.9. The molecule has 6 heteroatoms. The number of aromatic nitrogens is 2. The number of para-hydroxylation sites is 1. The summed E-state index contributed by atoms with van der Waals surface area (Å²) in [4.78, 5) is 35.2. The Balaban J connectivity index is 1.71. The number of amides is 1. The molecule has 0 aliphatic rings. The molecular formula is C22H19N3O2S. The van der Waals surface area contributed by atoms with Crippen molar-refractivity contribution in [3.05, 3.63) is 98.2 Å². The first-order valence-corrected chi connectivity index (χ1v) is 9.83. The number of thiophene rings is 1. The van der Waals surface area contributed by atoms with Crippen LogP contribution in [-0.2, 0) is 13.1 Å². The minimum absolute atomic E-state index is 0.0948. The van der Waals surface area contributed by atoms with E-state index in [0.717, 1.165) is 22.0 Å². The fourth-order valence-corrected chi connectivity index (χ4v) is 3.91. The van der Waals surface area contributed by atoms with Crippen LogP contribution in [0.4, 0.5) is 0 Å². The molecule has 3 heterocycles. The van der Waals surface area contributed by atoms with Crippen LogP contribution in [0, 0.1) is 6.92 Å². The SMILES string of the molecule is Cc1cccc2cc(CN(Cc3cccnc3)C(=O)c3cccs3)c(=O)[nH]c12. The Morgan fingerprint density at radius 2 is 2.04 bits per heavy atom. The number of rotatable bonds is 5.